The third-order valence-electron chi connectivity index (χ3n) is 6.46. The molecule has 166 valence electrons. The average Bonchev–Trinajstić information content (AvgIpc) is 3.36. The molecule has 5 heteroatoms. The van der Waals surface area contributed by atoms with Gasteiger partial charge in [0.2, 0.25) is 0 Å². The largest absolute Gasteiger partial charge is 0.507 e. The van der Waals surface area contributed by atoms with Crippen LogP contribution in [-0.2, 0) is 13.0 Å². The fourth-order valence-corrected chi connectivity index (χ4v) is 4.77. The average molecular weight is 438 g/mol. The highest BCUT2D eigenvalue weighted by molar-refractivity contribution is 6.00. The minimum absolute atomic E-state index is 0.0824. The first-order valence-electron chi connectivity index (χ1n) is 11.3. The van der Waals surface area contributed by atoms with Crippen LogP contribution in [0.5, 0.6) is 5.75 Å². The van der Waals surface area contributed by atoms with Crippen LogP contribution in [0.15, 0.2) is 66.7 Å². The number of amides is 1. The summed E-state index contributed by atoms with van der Waals surface area (Å²) < 4.78 is 0. The summed E-state index contributed by atoms with van der Waals surface area (Å²) in [6.07, 6.45) is 0.955. The Bertz CT molecular complexity index is 1320. The number of hydrogen-bond acceptors (Lipinski definition) is 3. The van der Waals surface area contributed by atoms with E-state index >= 15 is 0 Å². The monoisotopic (exact) mass is 437 g/mol. The molecule has 33 heavy (non-hydrogen) atoms. The van der Waals surface area contributed by atoms with Crippen molar-refractivity contribution in [3.8, 4) is 17.0 Å². The molecule has 4 aromatic rings. The molecule has 0 radical (unpaired) electrons. The van der Waals surface area contributed by atoms with Gasteiger partial charge in [0.1, 0.15) is 17.1 Å². The van der Waals surface area contributed by atoms with E-state index in [1.807, 2.05) is 61.2 Å². The molecule has 0 bridgehead atoms. The Morgan fingerprint density at radius 3 is 2.42 bits per heavy atom. The van der Waals surface area contributed by atoms with Gasteiger partial charge in [0.15, 0.2) is 0 Å². The van der Waals surface area contributed by atoms with Gasteiger partial charge in [-0.25, -0.2) is 0 Å². The van der Waals surface area contributed by atoms with Crippen molar-refractivity contribution in [3.63, 3.8) is 0 Å². The van der Waals surface area contributed by atoms with E-state index in [9.17, 15) is 9.90 Å². The molecule has 0 spiro atoms. The summed E-state index contributed by atoms with van der Waals surface area (Å²) in [5.41, 5.74) is 7.75. The molecule has 0 fully saturated rings. The van der Waals surface area contributed by atoms with E-state index in [1.54, 1.807) is 0 Å². The molecule has 3 aromatic carbocycles. The summed E-state index contributed by atoms with van der Waals surface area (Å²) in [5, 5.41) is 18.4. The van der Waals surface area contributed by atoms with Gasteiger partial charge in [-0.2, -0.15) is 5.10 Å². The first-order valence-corrected chi connectivity index (χ1v) is 11.3. The predicted molar refractivity (Wildman–Crippen MR) is 129 cm³/mol. The molecule has 2 heterocycles. The first kappa shape index (κ1) is 21.0. The second-order valence-electron chi connectivity index (χ2n) is 8.76. The first-order chi connectivity index (χ1) is 16.0. The van der Waals surface area contributed by atoms with Crippen LogP contribution in [0.3, 0.4) is 0 Å². The lowest BCUT2D eigenvalue weighted by Crippen LogP contribution is -2.29. The molecule has 1 amide bonds. The highest BCUT2D eigenvalue weighted by atomic mass is 16.3. The fraction of sp³-hybridized carbons (Fsp3) is 0.214. The molecule has 1 unspecified atom stereocenters. The Balaban J connectivity index is 1.68. The van der Waals surface area contributed by atoms with E-state index in [4.69, 9.17) is 0 Å². The van der Waals surface area contributed by atoms with Gasteiger partial charge in [-0.1, -0.05) is 67.6 Å². The lowest BCUT2D eigenvalue weighted by molar-refractivity contribution is 0.0730. The van der Waals surface area contributed by atoms with E-state index in [1.165, 1.54) is 5.56 Å². The topological polar surface area (TPSA) is 69.2 Å². The number of hydrogen-bond donors (Lipinski definition) is 2. The number of carbonyl (C=O) groups excluding carboxylic acids is 1. The number of rotatable bonds is 5. The van der Waals surface area contributed by atoms with Crippen molar-refractivity contribution in [2.24, 2.45) is 0 Å². The number of nitrogens with zero attached hydrogens (tertiary/aromatic N) is 2. The van der Waals surface area contributed by atoms with Crippen LogP contribution in [0.4, 0.5) is 0 Å². The van der Waals surface area contributed by atoms with Crippen LogP contribution < -0.4 is 0 Å². The van der Waals surface area contributed by atoms with Gasteiger partial charge < -0.3 is 10.0 Å². The zero-order valence-corrected chi connectivity index (χ0v) is 19.1. The number of H-pyrrole nitrogens is 1. The molecule has 1 atom stereocenters. The Hall–Kier alpha value is -3.86. The number of nitrogens with one attached hydrogen (secondary N) is 1. The molecular formula is C28H27N3O2. The van der Waals surface area contributed by atoms with Crippen LogP contribution in [0.2, 0.25) is 0 Å². The summed E-state index contributed by atoms with van der Waals surface area (Å²) in [6, 6.07) is 22.0. The molecule has 1 aromatic heterocycles. The van der Waals surface area contributed by atoms with Crippen molar-refractivity contribution in [1.82, 2.24) is 15.1 Å². The van der Waals surface area contributed by atoms with Gasteiger partial charge in [0.05, 0.1) is 6.04 Å². The van der Waals surface area contributed by atoms with E-state index in [2.05, 4.69) is 41.4 Å². The second-order valence-corrected chi connectivity index (χ2v) is 8.76. The maximum atomic E-state index is 13.6. The highest BCUT2D eigenvalue weighted by Gasteiger charge is 2.42. The van der Waals surface area contributed by atoms with E-state index < -0.39 is 0 Å². The second kappa shape index (κ2) is 8.24. The van der Waals surface area contributed by atoms with Crippen LogP contribution >= 0.6 is 0 Å². The number of phenols is 1. The quantitative estimate of drug-likeness (QED) is 0.420. The van der Waals surface area contributed by atoms with Crippen LogP contribution in [0.25, 0.3) is 11.3 Å². The Morgan fingerprint density at radius 2 is 1.73 bits per heavy atom. The maximum absolute atomic E-state index is 13.6. The molecule has 0 saturated carbocycles. The molecule has 0 saturated heterocycles. The normalized spacial score (nSPS) is 15.2. The lowest BCUT2D eigenvalue weighted by atomic mass is 9.93. The summed E-state index contributed by atoms with van der Waals surface area (Å²) in [4.78, 5) is 15.5. The molecule has 5 rings (SSSR count). The van der Waals surface area contributed by atoms with Gasteiger partial charge in [-0.15, -0.1) is 0 Å². The van der Waals surface area contributed by atoms with Gasteiger partial charge in [0, 0.05) is 17.7 Å². The summed E-state index contributed by atoms with van der Waals surface area (Å²) in [7, 11) is 0. The molecule has 5 nitrogen and oxygen atoms in total. The number of aromatic amines is 1. The number of aromatic hydroxyl groups is 1. The molecular weight excluding hydrogens is 410 g/mol. The summed E-state index contributed by atoms with van der Waals surface area (Å²) in [6.45, 7) is 6.49. The minimum Gasteiger partial charge on any atom is -0.507 e. The van der Waals surface area contributed by atoms with Crippen molar-refractivity contribution in [2.45, 2.75) is 39.8 Å². The number of fused-ring (bicyclic) bond motifs is 1. The highest BCUT2D eigenvalue weighted by Crippen LogP contribution is 2.45. The van der Waals surface area contributed by atoms with E-state index in [-0.39, 0.29) is 17.7 Å². The lowest BCUT2D eigenvalue weighted by Gasteiger charge is -2.27. The van der Waals surface area contributed by atoms with Crippen molar-refractivity contribution in [1.29, 1.82) is 0 Å². The Morgan fingerprint density at radius 1 is 1.00 bits per heavy atom. The van der Waals surface area contributed by atoms with E-state index in [0.29, 0.717) is 23.5 Å². The number of phenolic OH excluding ortho intramolecular Hbond substituents is 1. The van der Waals surface area contributed by atoms with Crippen molar-refractivity contribution >= 4 is 5.91 Å². The van der Waals surface area contributed by atoms with Crippen molar-refractivity contribution < 1.29 is 9.90 Å². The van der Waals surface area contributed by atoms with Crippen LogP contribution in [0.1, 0.15) is 56.8 Å². The molecule has 0 aliphatic carbocycles. The molecule has 2 N–H and O–H groups in total. The third-order valence-corrected chi connectivity index (χ3v) is 6.46. The van der Waals surface area contributed by atoms with Gasteiger partial charge in [0.25, 0.3) is 5.91 Å². The van der Waals surface area contributed by atoms with Crippen molar-refractivity contribution in [3.05, 3.63) is 106 Å². The van der Waals surface area contributed by atoms with Gasteiger partial charge >= 0.3 is 0 Å². The maximum Gasteiger partial charge on any atom is 0.273 e. The zero-order chi connectivity index (χ0) is 23.1. The Labute approximate surface area is 193 Å². The minimum atomic E-state index is -0.299. The number of carbonyl (C=O) groups is 1. The smallest absolute Gasteiger partial charge is 0.273 e. The third kappa shape index (κ3) is 3.59. The Kier molecular flexibility index (Phi) is 5.25. The summed E-state index contributed by atoms with van der Waals surface area (Å²) in [5.74, 6) is 0.116. The SMILES string of the molecule is CCc1ccc(C2c3c(-c4cc(C)cc(C)c4O)n[nH]c3C(=O)N2Cc2ccccc2)cc1. The standard InChI is InChI=1S/C28H27N3O2/c1-4-19-10-12-21(13-11-19)26-23-24(22-15-17(2)14-18(3)27(22)32)29-30-25(23)28(33)31(26)16-20-8-6-5-7-9-20/h5-15,26,32H,4,16H2,1-3H3,(H,29,30). The predicted octanol–water partition coefficient (Wildman–Crippen LogP) is 5.71. The number of aromatic nitrogens is 2. The van der Waals surface area contributed by atoms with E-state index in [0.717, 1.165) is 34.2 Å². The zero-order valence-electron chi connectivity index (χ0n) is 19.1. The van der Waals surface area contributed by atoms with Gasteiger partial charge in [-0.3, -0.25) is 9.89 Å². The van der Waals surface area contributed by atoms with Crippen LogP contribution in [0, 0.1) is 13.8 Å². The molecule has 1 aliphatic heterocycles. The van der Waals surface area contributed by atoms with Gasteiger partial charge in [-0.05, 0) is 54.2 Å². The fourth-order valence-electron chi connectivity index (χ4n) is 4.77. The van der Waals surface area contributed by atoms with Crippen molar-refractivity contribution in [2.75, 3.05) is 0 Å². The van der Waals surface area contributed by atoms with Crippen LogP contribution in [-0.4, -0.2) is 26.1 Å². The summed E-state index contributed by atoms with van der Waals surface area (Å²) >= 11 is 0. The number of aryl methyl sites for hydroxylation is 3. The number of benzene rings is 3. The molecule has 1 aliphatic rings.